The molecule has 0 atom stereocenters. The van der Waals surface area contributed by atoms with Gasteiger partial charge in [0.25, 0.3) is 5.91 Å². The van der Waals surface area contributed by atoms with Crippen LogP contribution < -0.4 is 10.6 Å². The Hall–Kier alpha value is -2.57. The van der Waals surface area contributed by atoms with E-state index >= 15 is 0 Å². The third-order valence-corrected chi connectivity index (χ3v) is 5.02. The number of pyridine rings is 1. The second kappa shape index (κ2) is 10.1. The van der Waals surface area contributed by atoms with Crippen molar-refractivity contribution in [3.05, 3.63) is 65.0 Å². The van der Waals surface area contributed by atoms with Gasteiger partial charge < -0.3 is 15.4 Å². The Morgan fingerprint density at radius 1 is 1.18 bits per heavy atom. The van der Waals surface area contributed by atoms with Gasteiger partial charge in [-0.25, -0.2) is 0 Å². The molecule has 1 aromatic heterocycles. The number of rotatable bonds is 8. The highest BCUT2D eigenvalue weighted by Gasteiger charge is 2.17. The molecule has 1 saturated heterocycles. The predicted molar refractivity (Wildman–Crippen MR) is 107 cm³/mol. The molecule has 1 fully saturated rings. The van der Waals surface area contributed by atoms with Gasteiger partial charge in [0.15, 0.2) is 0 Å². The van der Waals surface area contributed by atoms with Crippen LogP contribution in [0, 0.1) is 5.92 Å². The summed E-state index contributed by atoms with van der Waals surface area (Å²) >= 11 is 0. The normalized spacial score (nSPS) is 14.6. The van der Waals surface area contributed by atoms with E-state index in [1.165, 1.54) is 0 Å². The average molecular weight is 381 g/mol. The molecule has 2 N–H and O–H groups in total. The van der Waals surface area contributed by atoms with Gasteiger partial charge in [-0.15, -0.1) is 0 Å². The lowest BCUT2D eigenvalue weighted by atomic mass is 9.94. The number of ketones is 1. The topological polar surface area (TPSA) is 80.3 Å². The summed E-state index contributed by atoms with van der Waals surface area (Å²) in [6.07, 6.45) is 4.87. The van der Waals surface area contributed by atoms with Crippen molar-refractivity contribution < 1.29 is 14.3 Å². The molecule has 148 valence electrons. The highest BCUT2D eigenvalue weighted by atomic mass is 16.5. The van der Waals surface area contributed by atoms with E-state index in [2.05, 4.69) is 15.6 Å². The zero-order chi connectivity index (χ0) is 19.8. The monoisotopic (exact) mass is 381 g/mol. The first-order valence-electron chi connectivity index (χ1n) is 9.75. The van der Waals surface area contributed by atoms with Crippen LogP contribution in [0.5, 0.6) is 0 Å². The number of hydrogen-bond donors (Lipinski definition) is 2. The third kappa shape index (κ3) is 5.47. The fourth-order valence-corrected chi connectivity index (χ4v) is 3.51. The molecule has 0 aliphatic carbocycles. The lowest BCUT2D eigenvalue weighted by Crippen LogP contribution is -2.31. The number of benzene rings is 1. The number of piperidine rings is 1. The third-order valence-electron chi connectivity index (χ3n) is 5.02. The number of methoxy groups -OCH3 is 1. The van der Waals surface area contributed by atoms with Gasteiger partial charge >= 0.3 is 0 Å². The van der Waals surface area contributed by atoms with E-state index in [0.717, 1.165) is 37.9 Å². The second-order valence-corrected chi connectivity index (χ2v) is 7.13. The minimum atomic E-state index is -0.206. The highest BCUT2D eigenvalue weighted by molar-refractivity contribution is 6.09. The summed E-state index contributed by atoms with van der Waals surface area (Å²) in [7, 11) is 1.59. The molecule has 0 unspecified atom stereocenters. The first-order chi connectivity index (χ1) is 13.7. The van der Waals surface area contributed by atoms with Crippen molar-refractivity contribution in [1.82, 2.24) is 15.6 Å². The number of nitrogens with zero attached hydrogens (tertiary/aromatic N) is 1. The molecule has 2 heterocycles. The molecule has 6 heteroatoms. The predicted octanol–water partition coefficient (Wildman–Crippen LogP) is 2.58. The van der Waals surface area contributed by atoms with Crippen molar-refractivity contribution in [3.63, 3.8) is 0 Å². The van der Waals surface area contributed by atoms with Gasteiger partial charge in [-0.05, 0) is 74.2 Å². The first-order valence-corrected chi connectivity index (χ1v) is 9.75. The number of amides is 1. The van der Waals surface area contributed by atoms with Crippen LogP contribution in [0.25, 0.3) is 0 Å². The fraction of sp³-hybridized carbons (Fsp3) is 0.409. The maximum atomic E-state index is 12.8. The van der Waals surface area contributed by atoms with E-state index in [-0.39, 0.29) is 11.7 Å². The van der Waals surface area contributed by atoms with Gasteiger partial charge in [-0.3, -0.25) is 14.6 Å². The molecule has 1 aromatic carbocycles. The van der Waals surface area contributed by atoms with Crippen LogP contribution in [0.15, 0.2) is 42.6 Å². The van der Waals surface area contributed by atoms with Gasteiger partial charge in [0.2, 0.25) is 5.78 Å². The summed E-state index contributed by atoms with van der Waals surface area (Å²) in [5.74, 6) is 0.284. The molecule has 2 aromatic rings. The van der Waals surface area contributed by atoms with Crippen molar-refractivity contribution in [2.45, 2.75) is 25.9 Å². The van der Waals surface area contributed by atoms with Crippen LogP contribution in [0.3, 0.4) is 0 Å². The number of nitrogens with one attached hydrogen (secondary N) is 2. The summed E-state index contributed by atoms with van der Waals surface area (Å²) in [5, 5.41) is 6.35. The Kier molecular flexibility index (Phi) is 7.28. The zero-order valence-electron chi connectivity index (χ0n) is 16.2. The van der Waals surface area contributed by atoms with Crippen molar-refractivity contribution in [1.29, 1.82) is 0 Å². The number of carbonyl (C=O) groups is 2. The van der Waals surface area contributed by atoms with Crippen LogP contribution in [0.4, 0.5) is 0 Å². The molecule has 0 radical (unpaired) electrons. The average Bonchev–Trinajstić information content (AvgIpc) is 2.74. The van der Waals surface area contributed by atoms with E-state index in [1.807, 2.05) is 0 Å². The van der Waals surface area contributed by atoms with E-state index in [1.54, 1.807) is 49.7 Å². The Balaban J connectivity index is 1.71. The molecule has 1 aliphatic rings. The Labute approximate surface area is 165 Å². The van der Waals surface area contributed by atoms with Crippen LogP contribution in [-0.2, 0) is 11.3 Å². The molecule has 1 aliphatic heterocycles. The molecular formula is C22H27N3O3. The number of ether oxygens (including phenoxy) is 1. The number of aromatic nitrogens is 1. The molecule has 0 saturated carbocycles. The van der Waals surface area contributed by atoms with Crippen molar-refractivity contribution in [2.75, 3.05) is 26.7 Å². The summed E-state index contributed by atoms with van der Waals surface area (Å²) in [5.41, 5.74) is 2.05. The van der Waals surface area contributed by atoms with E-state index < -0.39 is 0 Å². The maximum absolute atomic E-state index is 12.8. The van der Waals surface area contributed by atoms with E-state index in [4.69, 9.17) is 4.74 Å². The maximum Gasteiger partial charge on any atom is 0.251 e. The summed E-state index contributed by atoms with van der Waals surface area (Å²) in [6.45, 7) is 3.08. The largest absolute Gasteiger partial charge is 0.380 e. The van der Waals surface area contributed by atoms with Crippen LogP contribution in [-0.4, -0.2) is 43.4 Å². The number of hydrogen-bond acceptors (Lipinski definition) is 5. The van der Waals surface area contributed by atoms with Crippen LogP contribution in [0.2, 0.25) is 0 Å². The van der Waals surface area contributed by atoms with Gasteiger partial charge in [0, 0.05) is 31.0 Å². The lowest BCUT2D eigenvalue weighted by molar-refractivity contribution is 0.0950. The lowest BCUT2D eigenvalue weighted by Gasteiger charge is -2.22. The van der Waals surface area contributed by atoms with Gasteiger partial charge in [0.05, 0.1) is 6.61 Å². The molecule has 0 bridgehead atoms. The molecule has 3 rings (SSSR count). The number of carbonyl (C=O) groups excluding carboxylic acids is 2. The molecular weight excluding hydrogens is 354 g/mol. The Morgan fingerprint density at radius 2 is 1.96 bits per heavy atom. The molecule has 28 heavy (non-hydrogen) atoms. The second-order valence-electron chi connectivity index (χ2n) is 7.13. The van der Waals surface area contributed by atoms with Gasteiger partial charge in [0.1, 0.15) is 5.69 Å². The summed E-state index contributed by atoms with van der Waals surface area (Å²) in [6, 6.07) is 10.4. The Morgan fingerprint density at radius 3 is 2.68 bits per heavy atom. The fourth-order valence-electron chi connectivity index (χ4n) is 3.51. The van der Waals surface area contributed by atoms with Crippen molar-refractivity contribution >= 4 is 11.7 Å². The summed E-state index contributed by atoms with van der Waals surface area (Å²) in [4.78, 5) is 29.5. The highest BCUT2D eigenvalue weighted by Crippen LogP contribution is 2.17. The standard InChI is InChI=1S/C22H27N3O3/c1-28-15-17-12-18(21(26)20-4-2-3-8-24-20)14-19(13-17)22(27)25-11-7-16-5-9-23-10-6-16/h2-4,8,12-14,16,23H,5-7,9-11,15H2,1H3,(H,25,27). The first kappa shape index (κ1) is 20.2. The van der Waals surface area contributed by atoms with Crippen molar-refractivity contribution in [3.8, 4) is 0 Å². The minimum Gasteiger partial charge on any atom is -0.380 e. The zero-order valence-corrected chi connectivity index (χ0v) is 16.2. The molecule has 1 amide bonds. The molecule has 0 spiro atoms. The quantitative estimate of drug-likeness (QED) is 0.687. The summed E-state index contributed by atoms with van der Waals surface area (Å²) < 4.78 is 5.20. The molecule has 6 nitrogen and oxygen atoms in total. The Bertz CT molecular complexity index is 802. The van der Waals surface area contributed by atoms with Crippen LogP contribution >= 0.6 is 0 Å². The SMILES string of the molecule is COCc1cc(C(=O)NCCC2CCNCC2)cc(C(=O)c2ccccn2)c1. The van der Waals surface area contributed by atoms with E-state index in [0.29, 0.717) is 35.9 Å². The minimum absolute atomic E-state index is 0.165. The van der Waals surface area contributed by atoms with Crippen molar-refractivity contribution in [2.24, 2.45) is 5.92 Å². The van der Waals surface area contributed by atoms with E-state index in [9.17, 15) is 9.59 Å². The smallest absolute Gasteiger partial charge is 0.251 e. The van der Waals surface area contributed by atoms with Gasteiger partial charge in [-0.1, -0.05) is 6.07 Å². The van der Waals surface area contributed by atoms with Crippen LogP contribution in [0.1, 0.15) is 51.2 Å². The van der Waals surface area contributed by atoms with Gasteiger partial charge in [-0.2, -0.15) is 0 Å².